The predicted molar refractivity (Wildman–Crippen MR) is 96.4 cm³/mol. The van der Waals surface area contributed by atoms with Crippen molar-refractivity contribution in [2.75, 3.05) is 11.1 Å². The van der Waals surface area contributed by atoms with Crippen LogP contribution in [0, 0.1) is 25.5 Å². The Morgan fingerprint density at radius 3 is 1.96 bits per heavy atom. The van der Waals surface area contributed by atoms with Crippen LogP contribution in [0.25, 0.3) is 0 Å². The quantitative estimate of drug-likeness (QED) is 0.577. The molecule has 0 aliphatic carbocycles. The second kappa shape index (κ2) is 8.40. The normalized spacial score (nSPS) is 9.87. The Balaban J connectivity index is 0.000000238. The molecule has 0 aliphatic heterocycles. The Morgan fingerprint density at radius 2 is 1.48 bits per heavy atom. The lowest BCUT2D eigenvalue weighted by Gasteiger charge is -2.07. The maximum Gasteiger partial charge on any atom is 0.221 e. The molecule has 0 heterocycles. The SMILES string of the molecule is CC(=O)Nc1cc(Br)c(F)cc1C.Cc1cc(F)c(Br)cc1N. The maximum absolute atomic E-state index is 12.9. The van der Waals surface area contributed by atoms with E-state index in [1.165, 1.54) is 19.1 Å². The Labute approximate surface area is 150 Å². The zero-order valence-corrected chi connectivity index (χ0v) is 16.0. The van der Waals surface area contributed by atoms with Crippen LogP contribution >= 0.6 is 31.9 Å². The molecule has 23 heavy (non-hydrogen) atoms. The minimum atomic E-state index is -0.327. The fraction of sp³-hybridized carbons (Fsp3) is 0.188. The van der Waals surface area contributed by atoms with Crippen LogP contribution in [0.1, 0.15) is 18.1 Å². The number of nitrogen functional groups attached to an aromatic ring is 1. The first-order valence-corrected chi connectivity index (χ1v) is 8.14. The maximum atomic E-state index is 12.9. The summed E-state index contributed by atoms with van der Waals surface area (Å²) in [6.45, 7) is 4.92. The van der Waals surface area contributed by atoms with E-state index in [1.807, 2.05) is 0 Å². The summed E-state index contributed by atoms with van der Waals surface area (Å²) < 4.78 is 26.4. The lowest BCUT2D eigenvalue weighted by molar-refractivity contribution is -0.114. The summed E-state index contributed by atoms with van der Waals surface area (Å²) in [5.41, 5.74) is 8.19. The highest BCUT2D eigenvalue weighted by Gasteiger charge is 2.05. The van der Waals surface area contributed by atoms with Crippen molar-refractivity contribution in [3.05, 3.63) is 56.0 Å². The standard InChI is InChI=1S/C9H9BrFNO.C7H7BrFN/c1-5-3-8(11)7(10)4-9(5)12-6(2)13;1-4-2-6(9)5(8)3-7(4)10/h3-4H,1-2H3,(H,12,13);2-3H,10H2,1H3. The van der Waals surface area contributed by atoms with Crippen LogP contribution in [0.3, 0.4) is 0 Å². The van der Waals surface area contributed by atoms with E-state index in [-0.39, 0.29) is 17.5 Å². The van der Waals surface area contributed by atoms with Crippen LogP contribution in [0.5, 0.6) is 0 Å². The third-order valence-corrected chi connectivity index (χ3v) is 4.10. The van der Waals surface area contributed by atoms with Gasteiger partial charge in [0.25, 0.3) is 0 Å². The molecule has 0 unspecified atom stereocenters. The smallest absolute Gasteiger partial charge is 0.221 e. The lowest BCUT2D eigenvalue weighted by atomic mass is 10.2. The van der Waals surface area contributed by atoms with Crippen molar-refractivity contribution in [1.82, 2.24) is 0 Å². The minimum Gasteiger partial charge on any atom is -0.398 e. The van der Waals surface area contributed by atoms with Crippen molar-refractivity contribution in [3.8, 4) is 0 Å². The van der Waals surface area contributed by atoms with E-state index < -0.39 is 0 Å². The molecule has 0 aromatic heterocycles. The highest BCUT2D eigenvalue weighted by atomic mass is 79.9. The molecule has 0 spiro atoms. The molecule has 3 N–H and O–H groups in total. The van der Waals surface area contributed by atoms with Crippen molar-refractivity contribution in [3.63, 3.8) is 0 Å². The van der Waals surface area contributed by atoms with Gasteiger partial charge in [-0.2, -0.15) is 0 Å². The Morgan fingerprint density at radius 1 is 1.00 bits per heavy atom. The second-order valence-corrected chi connectivity index (χ2v) is 6.59. The lowest BCUT2D eigenvalue weighted by Crippen LogP contribution is -2.07. The van der Waals surface area contributed by atoms with Crippen LogP contribution in [-0.2, 0) is 4.79 Å². The molecule has 2 aromatic carbocycles. The average molecular weight is 450 g/mol. The number of nitrogens with one attached hydrogen (secondary N) is 1. The second-order valence-electron chi connectivity index (χ2n) is 4.89. The summed E-state index contributed by atoms with van der Waals surface area (Å²) in [6.07, 6.45) is 0. The molecule has 0 radical (unpaired) electrons. The first-order valence-electron chi connectivity index (χ1n) is 6.56. The number of benzene rings is 2. The first kappa shape index (κ1) is 19.6. The molecule has 0 atom stereocenters. The molecule has 124 valence electrons. The number of halogens is 4. The van der Waals surface area contributed by atoms with Crippen molar-refractivity contribution < 1.29 is 13.6 Å². The minimum absolute atomic E-state index is 0.165. The topological polar surface area (TPSA) is 55.1 Å². The fourth-order valence-corrected chi connectivity index (χ4v) is 2.34. The van der Waals surface area contributed by atoms with Crippen molar-refractivity contribution in [2.24, 2.45) is 0 Å². The Bertz CT molecular complexity index is 686. The van der Waals surface area contributed by atoms with E-state index in [2.05, 4.69) is 37.2 Å². The molecule has 0 saturated carbocycles. The molecule has 1 amide bonds. The molecule has 0 fully saturated rings. The summed E-state index contributed by atoms with van der Waals surface area (Å²) in [7, 11) is 0. The number of hydrogen-bond donors (Lipinski definition) is 2. The third-order valence-electron chi connectivity index (χ3n) is 2.89. The molecule has 0 bridgehead atoms. The number of anilines is 2. The zero-order valence-electron chi connectivity index (χ0n) is 12.8. The van der Waals surface area contributed by atoms with Gasteiger partial charge in [-0.3, -0.25) is 4.79 Å². The molecular weight excluding hydrogens is 434 g/mol. The number of carbonyl (C=O) groups excluding carboxylic acids is 1. The van der Waals surface area contributed by atoms with E-state index in [0.717, 1.165) is 5.56 Å². The van der Waals surface area contributed by atoms with Crippen LogP contribution in [-0.4, -0.2) is 5.91 Å². The molecule has 0 aliphatic rings. The Hall–Kier alpha value is -1.47. The van der Waals surface area contributed by atoms with E-state index >= 15 is 0 Å². The monoisotopic (exact) mass is 448 g/mol. The van der Waals surface area contributed by atoms with E-state index in [9.17, 15) is 13.6 Å². The number of hydrogen-bond acceptors (Lipinski definition) is 2. The molecular formula is C16H16Br2F2N2O. The van der Waals surface area contributed by atoms with Gasteiger partial charge in [-0.05, 0) is 81.1 Å². The van der Waals surface area contributed by atoms with Crippen LogP contribution in [0.2, 0.25) is 0 Å². The molecule has 3 nitrogen and oxygen atoms in total. The molecule has 2 aromatic rings. The van der Waals surface area contributed by atoms with Gasteiger partial charge in [0.15, 0.2) is 0 Å². The summed E-state index contributed by atoms with van der Waals surface area (Å²) in [4.78, 5) is 10.7. The zero-order chi connectivity index (χ0) is 17.7. The van der Waals surface area contributed by atoms with Crippen molar-refractivity contribution in [2.45, 2.75) is 20.8 Å². The van der Waals surface area contributed by atoms with Gasteiger partial charge in [-0.25, -0.2) is 8.78 Å². The van der Waals surface area contributed by atoms with Crippen LogP contribution in [0.4, 0.5) is 20.2 Å². The van der Waals surface area contributed by atoms with E-state index in [0.29, 0.717) is 25.9 Å². The van der Waals surface area contributed by atoms with Gasteiger partial charge < -0.3 is 11.1 Å². The van der Waals surface area contributed by atoms with Crippen LogP contribution < -0.4 is 11.1 Å². The first-order chi connectivity index (χ1) is 10.6. The van der Waals surface area contributed by atoms with E-state index in [4.69, 9.17) is 5.73 Å². The summed E-state index contributed by atoms with van der Waals surface area (Å²) >= 11 is 6.07. The fourth-order valence-electron chi connectivity index (χ4n) is 1.63. The van der Waals surface area contributed by atoms with Crippen LogP contribution in [0.15, 0.2) is 33.2 Å². The van der Waals surface area contributed by atoms with Crippen molar-refractivity contribution >= 4 is 49.1 Å². The largest absolute Gasteiger partial charge is 0.398 e. The Kier molecular flexibility index (Phi) is 7.15. The van der Waals surface area contributed by atoms with Crippen molar-refractivity contribution in [1.29, 1.82) is 0 Å². The summed E-state index contributed by atoms with van der Waals surface area (Å²) in [5.74, 6) is -0.764. The van der Waals surface area contributed by atoms with Gasteiger partial charge in [-0.1, -0.05) is 0 Å². The van der Waals surface area contributed by atoms with Gasteiger partial charge in [-0.15, -0.1) is 0 Å². The summed E-state index contributed by atoms with van der Waals surface area (Å²) in [5, 5.41) is 2.61. The highest BCUT2D eigenvalue weighted by Crippen LogP contribution is 2.24. The number of amides is 1. The molecule has 0 saturated heterocycles. The number of nitrogens with two attached hydrogens (primary N) is 1. The third kappa shape index (κ3) is 5.91. The average Bonchev–Trinajstić information content (AvgIpc) is 2.43. The van der Waals surface area contributed by atoms with E-state index in [1.54, 1.807) is 26.0 Å². The van der Waals surface area contributed by atoms with Gasteiger partial charge in [0.05, 0.1) is 8.95 Å². The van der Waals surface area contributed by atoms with Gasteiger partial charge in [0.1, 0.15) is 11.6 Å². The highest BCUT2D eigenvalue weighted by molar-refractivity contribution is 9.10. The molecule has 7 heteroatoms. The van der Waals surface area contributed by atoms with Gasteiger partial charge in [0, 0.05) is 18.3 Å². The number of rotatable bonds is 1. The summed E-state index contributed by atoms with van der Waals surface area (Å²) in [6, 6.07) is 5.88. The number of carbonyl (C=O) groups is 1. The molecule has 2 rings (SSSR count). The van der Waals surface area contributed by atoms with Gasteiger partial charge >= 0.3 is 0 Å². The predicted octanol–water partition coefficient (Wildman–Crippen LogP) is 5.33. The van der Waals surface area contributed by atoms with Gasteiger partial charge in [0.2, 0.25) is 5.91 Å². The number of aryl methyl sites for hydroxylation is 2.